The first-order chi connectivity index (χ1) is 11.0. The van der Waals surface area contributed by atoms with Gasteiger partial charge in [0.1, 0.15) is 6.10 Å². The summed E-state index contributed by atoms with van der Waals surface area (Å²) in [5, 5.41) is 9.01. The first-order valence-electron chi connectivity index (χ1n) is 8.76. The molecule has 3 fully saturated rings. The highest BCUT2D eigenvalue weighted by Gasteiger charge is 2.59. The summed E-state index contributed by atoms with van der Waals surface area (Å²) in [4.78, 5) is 25.5. The fraction of sp³-hybridized carbons (Fsp3) is 0.882. The maximum absolute atomic E-state index is 12.7. The molecule has 3 rings (SSSR count). The summed E-state index contributed by atoms with van der Waals surface area (Å²) in [5.74, 6) is -1.05. The van der Waals surface area contributed by atoms with E-state index in [0.717, 1.165) is 19.3 Å². The highest BCUT2D eigenvalue weighted by atomic mass is 16.5. The van der Waals surface area contributed by atoms with Crippen molar-refractivity contribution in [3.05, 3.63) is 0 Å². The molecule has 3 aliphatic rings. The van der Waals surface area contributed by atoms with Crippen LogP contribution in [0, 0.1) is 5.41 Å². The highest BCUT2D eigenvalue weighted by molar-refractivity contribution is 5.83. The van der Waals surface area contributed by atoms with Crippen molar-refractivity contribution in [2.45, 2.75) is 76.2 Å². The number of amides is 1. The van der Waals surface area contributed by atoms with Gasteiger partial charge >= 0.3 is 5.97 Å². The van der Waals surface area contributed by atoms with Gasteiger partial charge < -0.3 is 19.5 Å². The summed E-state index contributed by atoms with van der Waals surface area (Å²) >= 11 is 0. The normalized spacial score (nSPS) is 35.2. The third-order valence-corrected chi connectivity index (χ3v) is 6.03. The second-order valence-electron chi connectivity index (χ2n) is 7.11. The molecule has 1 aliphatic heterocycles. The van der Waals surface area contributed by atoms with Gasteiger partial charge in [0.05, 0.1) is 6.10 Å². The van der Waals surface area contributed by atoms with Gasteiger partial charge in [-0.25, -0.2) is 4.79 Å². The van der Waals surface area contributed by atoms with E-state index in [1.165, 1.54) is 12.8 Å². The second-order valence-corrected chi connectivity index (χ2v) is 7.11. The van der Waals surface area contributed by atoms with Crippen LogP contribution in [0.1, 0.15) is 51.9 Å². The van der Waals surface area contributed by atoms with E-state index in [4.69, 9.17) is 14.6 Å². The van der Waals surface area contributed by atoms with Crippen LogP contribution in [0.15, 0.2) is 0 Å². The Bertz CT molecular complexity index is 474. The van der Waals surface area contributed by atoms with Gasteiger partial charge in [-0.15, -0.1) is 0 Å². The zero-order chi connectivity index (χ0) is 16.6. The number of hydrogen-bond donors (Lipinski definition) is 1. The van der Waals surface area contributed by atoms with E-state index >= 15 is 0 Å². The Morgan fingerprint density at radius 1 is 1.26 bits per heavy atom. The van der Waals surface area contributed by atoms with Crippen molar-refractivity contribution < 1.29 is 24.2 Å². The van der Waals surface area contributed by atoms with E-state index in [1.807, 2.05) is 18.9 Å². The van der Waals surface area contributed by atoms with Crippen molar-refractivity contribution in [1.82, 2.24) is 4.90 Å². The quantitative estimate of drug-likeness (QED) is 0.834. The predicted octanol–water partition coefficient (Wildman–Crippen LogP) is 1.81. The third-order valence-electron chi connectivity index (χ3n) is 6.03. The van der Waals surface area contributed by atoms with Crippen molar-refractivity contribution in [3.8, 4) is 0 Å². The van der Waals surface area contributed by atoms with Crippen LogP contribution in [0.25, 0.3) is 0 Å². The number of carbonyl (C=O) groups excluding carboxylic acids is 1. The lowest BCUT2D eigenvalue weighted by molar-refractivity contribution is -0.179. The number of aliphatic carboxylic acids is 1. The summed E-state index contributed by atoms with van der Waals surface area (Å²) < 4.78 is 11.3. The van der Waals surface area contributed by atoms with Crippen molar-refractivity contribution in [3.63, 3.8) is 0 Å². The standard InChI is InChI=1S/C17H27NO5/c1-3-22-14-10-13(17(14)8-4-5-9-17)18(2)15(19)11-6-7-12(23-11)16(20)21/h11-14H,3-10H2,1-2H3,(H,20,21)/t11-,12+,13?,14?/m0/s1. The molecular formula is C17H27NO5. The molecule has 2 unspecified atom stereocenters. The van der Waals surface area contributed by atoms with Gasteiger partial charge in [-0.3, -0.25) is 4.79 Å². The van der Waals surface area contributed by atoms with Crippen LogP contribution in [0.5, 0.6) is 0 Å². The number of hydrogen-bond acceptors (Lipinski definition) is 4. The molecule has 6 nitrogen and oxygen atoms in total. The average molecular weight is 325 g/mol. The molecule has 1 N–H and O–H groups in total. The summed E-state index contributed by atoms with van der Waals surface area (Å²) in [6, 6.07) is 0.196. The van der Waals surface area contributed by atoms with Gasteiger partial charge in [0.15, 0.2) is 6.10 Å². The van der Waals surface area contributed by atoms with E-state index in [0.29, 0.717) is 19.4 Å². The summed E-state index contributed by atoms with van der Waals surface area (Å²) in [5.41, 5.74) is 0.102. The summed E-state index contributed by atoms with van der Waals surface area (Å²) in [7, 11) is 1.84. The minimum absolute atomic E-state index is 0.0695. The van der Waals surface area contributed by atoms with Gasteiger partial charge in [-0.2, -0.15) is 0 Å². The monoisotopic (exact) mass is 325 g/mol. The van der Waals surface area contributed by atoms with Crippen LogP contribution in [0.2, 0.25) is 0 Å². The fourth-order valence-corrected chi connectivity index (χ4v) is 4.77. The van der Waals surface area contributed by atoms with Gasteiger partial charge in [-0.1, -0.05) is 12.8 Å². The number of carboxylic acid groups (broad SMARTS) is 1. The lowest BCUT2D eigenvalue weighted by atomic mass is 9.60. The van der Waals surface area contributed by atoms with E-state index < -0.39 is 18.2 Å². The first kappa shape index (κ1) is 16.7. The number of nitrogens with zero attached hydrogens (tertiary/aromatic N) is 1. The number of likely N-dealkylation sites (N-methyl/N-ethyl adjacent to an activating group) is 1. The Kier molecular flexibility index (Phi) is 4.65. The number of carbonyl (C=O) groups is 2. The molecule has 1 heterocycles. The minimum Gasteiger partial charge on any atom is -0.479 e. The Morgan fingerprint density at radius 3 is 2.48 bits per heavy atom. The first-order valence-corrected chi connectivity index (χ1v) is 8.76. The molecule has 0 aromatic carbocycles. The highest BCUT2D eigenvalue weighted by Crippen LogP contribution is 2.56. The third kappa shape index (κ3) is 2.76. The molecule has 6 heteroatoms. The van der Waals surface area contributed by atoms with Crippen LogP contribution >= 0.6 is 0 Å². The van der Waals surface area contributed by atoms with Crippen molar-refractivity contribution in [1.29, 1.82) is 0 Å². The van der Waals surface area contributed by atoms with Crippen molar-refractivity contribution >= 4 is 11.9 Å². The van der Waals surface area contributed by atoms with Gasteiger partial charge in [0, 0.05) is 25.1 Å². The van der Waals surface area contributed by atoms with Crippen LogP contribution in [-0.4, -0.2) is 59.9 Å². The fourth-order valence-electron chi connectivity index (χ4n) is 4.77. The number of ether oxygens (including phenoxy) is 2. The average Bonchev–Trinajstić information content (AvgIpc) is 3.19. The second kappa shape index (κ2) is 6.40. The molecular weight excluding hydrogens is 298 g/mol. The van der Waals surface area contributed by atoms with E-state index in [1.54, 1.807) is 0 Å². The Hall–Kier alpha value is -1.14. The largest absolute Gasteiger partial charge is 0.479 e. The van der Waals surface area contributed by atoms with E-state index in [2.05, 4.69) is 0 Å². The molecule has 1 spiro atoms. The van der Waals surface area contributed by atoms with Crippen LogP contribution in [0.3, 0.4) is 0 Å². The Balaban J connectivity index is 1.65. The molecule has 0 bridgehead atoms. The minimum atomic E-state index is -0.977. The summed E-state index contributed by atoms with van der Waals surface area (Å²) in [6.07, 6.45) is 5.22. The molecule has 1 saturated heterocycles. The molecule has 4 atom stereocenters. The molecule has 0 radical (unpaired) electrons. The van der Waals surface area contributed by atoms with Crippen LogP contribution < -0.4 is 0 Å². The molecule has 2 saturated carbocycles. The molecule has 2 aliphatic carbocycles. The van der Waals surface area contributed by atoms with Gasteiger partial charge in [0.25, 0.3) is 5.91 Å². The van der Waals surface area contributed by atoms with Crippen LogP contribution in [0.4, 0.5) is 0 Å². The molecule has 0 aromatic rings. The van der Waals surface area contributed by atoms with Gasteiger partial charge in [-0.05, 0) is 39.0 Å². The van der Waals surface area contributed by atoms with Gasteiger partial charge in [0.2, 0.25) is 0 Å². The molecule has 0 aromatic heterocycles. The lowest BCUT2D eigenvalue weighted by Crippen LogP contribution is -2.64. The Labute approximate surface area is 137 Å². The van der Waals surface area contributed by atoms with E-state index in [9.17, 15) is 9.59 Å². The maximum Gasteiger partial charge on any atom is 0.332 e. The smallest absolute Gasteiger partial charge is 0.332 e. The van der Waals surface area contributed by atoms with Crippen molar-refractivity contribution in [2.24, 2.45) is 5.41 Å². The summed E-state index contributed by atoms with van der Waals surface area (Å²) in [6.45, 7) is 2.73. The maximum atomic E-state index is 12.7. The molecule has 23 heavy (non-hydrogen) atoms. The Morgan fingerprint density at radius 2 is 1.91 bits per heavy atom. The molecule has 1 amide bonds. The van der Waals surface area contributed by atoms with Crippen molar-refractivity contribution in [2.75, 3.05) is 13.7 Å². The zero-order valence-electron chi connectivity index (χ0n) is 14.0. The van der Waals surface area contributed by atoms with Crippen LogP contribution in [-0.2, 0) is 19.1 Å². The van der Waals surface area contributed by atoms with E-state index in [-0.39, 0.29) is 23.5 Å². The zero-order valence-corrected chi connectivity index (χ0v) is 14.0. The lowest BCUT2D eigenvalue weighted by Gasteiger charge is -2.57. The SMILES string of the molecule is CCOC1CC(N(C)C(=O)[C@@H]2CC[C@H](C(=O)O)O2)C12CCCC2. The number of carboxylic acids is 1. The molecule has 130 valence electrons. The predicted molar refractivity (Wildman–Crippen MR) is 83.0 cm³/mol. The topological polar surface area (TPSA) is 76.1 Å². The number of rotatable bonds is 5.